The summed E-state index contributed by atoms with van der Waals surface area (Å²) in [6, 6.07) is 7.34. The highest BCUT2D eigenvalue weighted by Crippen LogP contribution is 2.31. The summed E-state index contributed by atoms with van der Waals surface area (Å²) in [4.78, 5) is 0.863. The third-order valence-corrected chi connectivity index (χ3v) is 3.17. The molecular weight excluding hydrogens is 196 g/mol. The van der Waals surface area contributed by atoms with Gasteiger partial charge < -0.3 is 10.8 Å². The summed E-state index contributed by atoms with van der Waals surface area (Å²) in [6.07, 6.45) is 0. The van der Waals surface area contributed by atoms with Crippen molar-refractivity contribution in [2.75, 3.05) is 5.73 Å². The first-order chi connectivity index (χ1) is 6.74. The third-order valence-electron chi connectivity index (χ3n) is 1.98. The minimum Gasteiger partial charge on any atom is -0.398 e. The number of nitrogens with zero attached hydrogens (tertiary/aromatic N) is 1. The summed E-state index contributed by atoms with van der Waals surface area (Å²) in [5.41, 5.74) is 6.93. The fraction of sp³-hybridized carbons (Fsp3) is 0.100. The number of nitrogens with two attached hydrogens (primary N) is 1. The molecule has 3 N–H and O–H groups in total. The van der Waals surface area contributed by atoms with Crippen molar-refractivity contribution >= 4 is 27.1 Å². The molecule has 0 aliphatic rings. The van der Waals surface area contributed by atoms with Gasteiger partial charge in [0.05, 0.1) is 28.6 Å². The lowest BCUT2D eigenvalue weighted by Gasteiger charge is -1.95. The third kappa shape index (κ3) is 1.33. The second-order valence-corrected chi connectivity index (χ2v) is 4.10. The van der Waals surface area contributed by atoms with Crippen LogP contribution in [0.1, 0.15) is 10.4 Å². The molecule has 1 heterocycles. The molecule has 0 fully saturated rings. The maximum atomic E-state index is 8.96. The van der Waals surface area contributed by atoms with Crippen LogP contribution in [-0.4, -0.2) is 5.11 Å². The van der Waals surface area contributed by atoms with Gasteiger partial charge in [0.25, 0.3) is 0 Å². The van der Waals surface area contributed by atoms with E-state index in [-0.39, 0.29) is 6.61 Å². The van der Waals surface area contributed by atoms with Gasteiger partial charge in [0, 0.05) is 4.88 Å². The molecule has 3 nitrogen and oxygen atoms in total. The van der Waals surface area contributed by atoms with Gasteiger partial charge in [0.1, 0.15) is 0 Å². The van der Waals surface area contributed by atoms with E-state index in [0.29, 0.717) is 11.3 Å². The topological polar surface area (TPSA) is 70.0 Å². The van der Waals surface area contributed by atoms with Crippen molar-refractivity contribution in [3.8, 4) is 6.07 Å². The van der Waals surface area contributed by atoms with Crippen LogP contribution in [0.4, 0.5) is 5.69 Å². The van der Waals surface area contributed by atoms with E-state index in [0.717, 1.165) is 15.0 Å². The maximum absolute atomic E-state index is 8.96. The summed E-state index contributed by atoms with van der Waals surface area (Å²) in [6.45, 7) is 0.0146. The first-order valence-electron chi connectivity index (χ1n) is 4.07. The van der Waals surface area contributed by atoms with Gasteiger partial charge in [-0.05, 0) is 23.6 Å². The highest BCUT2D eigenvalue weighted by Gasteiger charge is 2.05. The van der Waals surface area contributed by atoms with Gasteiger partial charge in [0.2, 0.25) is 0 Å². The van der Waals surface area contributed by atoms with Crippen molar-refractivity contribution in [2.24, 2.45) is 0 Å². The molecular formula is C10H8N2OS. The second-order valence-electron chi connectivity index (χ2n) is 2.97. The molecule has 0 amide bonds. The number of hydrogen-bond donors (Lipinski definition) is 2. The van der Waals surface area contributed by atoms with Crippen LogP contribution in [0.3, 0.4) is 0 Å². The minimum atomic E-state index is 0.0146. The number of rotatable bonds is 1. The Balaban J connectivity index is 2.75. The first-order valence-corrected chi connectivity index (χ1v) is 4.89. The van der Waals surface area contributed by atoms with Crippen LogP contribution in [0, 0.1) is 11.3 Å². The lowest BCUT2D eigenvalue weighted by molar-refractivity contribution is 0.285. The van der Waals surface area contributed by atoms with E-state index in [1.807, 2.05) is 12.1 Å². The van der Waals surface area contributed by atoms with Crippen LogP contribution < -0.4 is 5.73 Å². The fourth-order valence-corrected chi connectivity index (χ4v) is 2.30. The Morgan fingerprint density at radius 2 is 2.21 bits per heavy atom. The molecule has 14 heavy (non-hydrogen) atoms. The molecule has 2 rings (SSSR count). The van der Waals surface area contributed by atoms with E-state index in [1.165, 1.54) is 11.3 Å². The van der Waals surface area contributed by atoms with Crippen molar-refractivity contribution in [1.82, 2.24) is 0 Å². The van der Waals surface area contributed by atoms with Crippen LogP contribution >= 0.6 is 11.3 Å². The van der Waals surface area contributed by atoms with E-state index in [9.17, 15) is 0 Å². The van der Waals surface area contributed by atoms with Gasteiger partial charge in [0.15, 0.2) is 0 Å². The number of aliphatic hydroxyl groups is 1. The normalized spacial score (nSPS) is 10.3. The SMILES string of the molecule is N#Cc1cc(N)c2sc(CO)cc2c1. The Morgan fingerprint density at radius 1 is 1.43 bits per heavy atom. The zero-order valence-corrected chi connectivity index (χ0v) is 8.14. The molecule has 1 aromatic carbocycles. The van der Waals surface area contributed by atoms with Gasteiger partial charge >= 0.3 is 0 Å². The van der Waals surface area contributed by atoms with Gasteiger partial charge in [-0.2, -0.15) is 5.26 Å². The van der Waals surface area contributed by atoms with Gasteiger partial charge in [-0.15, -0.1) is 11.3 Å². The zero-order chi connectivity index (χ0) is 10.1. The standard InChI is InChI=1S/C10H8N2OS/c11-4-6-1-7-3-8(5-13)14-10(7)9(12)2-6/h1-3,13H,5,12H2. The summed E-state index contributed by atoms with van der Waals surface area (Å²) < 4.78 is 0.938. The largest absolute Gasteiger partial charge is 0.398 e. The Morgan fingerprint density at radius 3 is 2.86 bits per heavy atom. The molecule has 0 unspecified atom stereocenters. The van der Waals surface area contributed by atoms with Crippen molar-refractivity contribution in [3.05, 3.63) is 28.6 Å². The molecule has 0 saturated carbocycles. The Kier molecular flexibility index (Phi) is 2.12. The Hall–Kier alpha value is -1.57. The van der Waals surface area contributed by atoms with E-state index in [1.54, 1.807) is 12.1 Å². The summed E-state index contributed by atoms with van der Waals surface area (Å²) >= 11 is 1.46. The van der Waals surface area contributed by atoms with Crippen molar-refractivity contribution in [2.45, 2.75) is 6.61 Å². The number of thiophene rings is 1. The van der Waals surface area contributed by atoms with Crippen LogP contribution in [0.15, 0.2) is 18.2 Å². The van der Waals surface area contributed by atoms with Crippen LogP contribution in [0.2, 0.25) is 0 Å². The molecule has 0 aliphatic carbocycles. The molecule has 0 aliphatic heterocycles. The summed E-state index contributed by atoms with van der Waals surface area (Å²) in [5.74, 6) is 0. The molecule has 1 aromatic heterocycles. The number of nitrogen functional groups attached to an aromatic ring is 1. The number of benzene rings is 1. The predicted octanol–water partition coefficient (Wildman–Crippen LogP) is 1.85. The van der Waals surface area contributed by atoms with Crippen LogP contribution in [-0.2, 0) is 6.61 Å². The van der Waals surface area contributed by atoms with E-state index < -0.39 is 0 Å². The van der Waals surface area contributed by atoms with Crippen LogP contribution in [0.25, 0.3) is 10.1 Å². The van der Waals surface area contributed by atoms with E-state index in [2.05, 4.69) is 0 Å². The van der Waals surface area contributed by atoms with Crippen molar-refractivity contribution in [3.63, 3.8) is 0 Å². The summed E-state index contributed by atoms with van der Waals surface area (Å²) in [7, 11) is 0. The van der Waals surface area contributed by atoms with Crippen LogP contribution in [0.5, 0.6) is 0 Å². The highest BCUT2D eigenvalue weighted by atomic mass is 32.1. The first kappa shape index (κ1) is 9.00. The maximum Gasteiger partial charge on any atom is 0.0992 e. The summed E-state index contributed by atoms with van der Waals surface area (Å²) in [5, 5.41) is 18.6. The molecule has 0 bridgehead atoms. The van der Waals surface area contributed by atoms with Gasteiger partial charge in [-0.3, -0.25) is 0 Å². The number of hydrogen-bond acceptors (Lipinski definition) is 4. The lowest BCUT2D eigenvalue weighted by Crippen LogP contribution is -1.85. The molecule has 0 atom stereocenters. The molecule has 0 radical (unpaired) electrons. The molecule has 0 saturated heterocycles. The smallest absolute Gasteiger partial charge is 0.0992 e. The Bertz CT molecular complexity index is 525. The van der Waals surface area contributed by atoms with E-state index in [4.69, 9.17) is 16.1 Å². The van der Waals surface area contributed by atoms with Crippen molar-refractivity contribution < 1.29 is 5.11 Å². The molecule has 70 valence electrons. The van der Waals surface area contributed by atoms with Crippen molar-refractivity contribution in [1.29, 1.82) is 5.26 Å². The monoisotopic (exact) mass is 204 g/mol. The number of anilines is 1. The van der Waals surface area contributed by atoms with Gasteiger partial charge in [-0.25, -0.2) is 0 Å². The lowest BCUT2D eigenvalue weighted by atomic mass is 10.1. The highest BCUT2D eigenvalue weighted by molar-refractivity contribution is 7.19. The van der Waals surface area contributed by atoms with Gasteiger partial charge in [-0.1, -0.05) is 0 Å². The number of nitriles is 1. The average molecular weight is 204 g/mol. The predicted molar refractivity (Wildman–Crippen MR) is 56.9 cm³/mol. The zero-order valence-electron chi connectivity index (χ0n) is 7.32. The molecule has 4 heteroatoms. The quantitative estimate of drug-likeness (QED) is 0.696. The fourth-order valence-electron chi connectivity index (χ4n) is 1.38. The second kappa shape index (κ2) is 3.29. The minimum absolute atomic E-state index is 0.0146. The molecule has 2 aromatic rings. The van der Waals surface area contributed by atoms with E-state index >= 15 is 0 Å². The Labute approximate surface area is 85.0 Å². The number of fused-ring (bicyclic) bond motifs is 1. The average Bonchev–Trinajstić information content (AvgIpc) is 2.61. The molecule has 0 spiro atoms. The number of aliphatic hydroxyl groups excluding tert-OH is 1.